The highest BCUT2D eigenvalue weighted by Crippen LogP contribution is 2.26. The van der Waals surface area contributed by atoms with E-state index < -0.39 is 0 Å². The van der Waals surface area contributed by atoms with Gasteiger partial charge >= 0.3 is 0 Å². The smallest absolute Gasteiger partial charge is 0.224 e. The van der Waals surface area contributed by atoms with Gasteiger partial charge in [0.15, 0.2) is 0 Å². The lowest BCUT2D eigenvalue weighted by Gasteiger charge is -2.07. The van der Waals surface area contributed by atoms with Crippen molar-refractivity contribution >= 4 is 16.9 Å². The van der Waals surface area contributed by atoms with Gasteiger partial charge < -0.3 is 9.73 Å². The summed E-state index contributed by atoms with van der Waals surface area (Å²) in [5, 5.41) is 8.73. The van der Waals surface area contributed by atoms with Crippen LogP contribution in [0.5, 0.6) is 0 Å². The number of aromatic nitrogens is 2. The molecular weight excluding hydrogens is 362 g/mol. The highest BCUT2D eigenvalue weighted by Gasteiger charge is 2.16. The number of aryl methyl sites for hydroxylation is 3. The van der Waals surface area contributed by atoms with Crippen LogP contribution in [0.1, 0.15) is 33.6 Å². The van der Waals surface area contributed by atoms with Crippen LogP contribution < -0.4 is 5.32 Å². The van der Waals surface area contributed by atoms with Crippen molar-refractivity contribution in [3.05, 3.63) is 82.4 Å². The van der Waals surface area contributed by atoms with Crippen molar-refractivity contribution in [2.24, 2.45) is 0 Å². The third-order valence-electron chi connectivity index (χ3n) is 5.35. The van der Waals surface area contributed by atoms with Gasteiger partial charge in [-0.3, -0.25) is 4.79 Å². The van der Waals surface area contributed by atoms with Gasteiger partial charge in [0, 0.05) is 28.8 Å². The topological polar surface area (TPSA) is 60.1 Å². The first-order valence-corrected chi connectivity index (χ1v) is 9.78. The molecular formula is C24H25N3O2. The summed E-state index contributed by atoms with van der Waals surface area (Å²) < 4.78 is 7.59. The molecule has 0 radical (unpaired) electrons. The summed E-state index contributed by atoms with van der Waals surface area (Å²) in [4.78, 5) is 12.6. The molecule has 0 aliphatic rings. The molecule has 4 aromatic rings. The Bertz CT molecular complexity index is 1190. The summed E-state index contributed by atoms with van der Waals surface area (Å²) in [6.07, 6.45) is 1.99. The maximum absolute atomic E-state index is 12.6. The number of carbonyl (C=O) groups is 1. The lowest BCUT2D eigenvalue weighted by Crippen LogP contribution is -2.25. The van der Waals surface area contributed by atoms with E-state index in [-0.39, 0.29) is 5.91 Å². The number of carbonyl (C=O) groups excluding carboxylic acids is 1. The summed E-state index contributed by atoms with van der Waals surface area (Å²) in [6.45, 7) is 8.56. The zero-order valence-corrected chi connectivity index (χ0v) is 17.2. The number of para-hydroxylation sites is 1. The van der Waals surface area contributed by atoms with E-state index in [0.29, 0.717) is 13.0 Å². The van der Waals surface area contributed by atoms with Crippen LogP contribution in [0.3, 0.4) is 0 Å². The molecule has 148 valence electrons. The quantitative estimate of drug-likeness (QED) is 0.539. The Morgan fingerprint density at radius 3 is 2.62 bits per heavy atom. The van der Waals surface area contributed by atoms with E-state index >= 15 is 0 Å². The van der Waals surface area contributed by atoms with Crippen molar-refractivity contribution in [2.75, 3.05) is 0 Å². The fourth-order valence-corrected chi connectivity index (χ4v) is 3.93. The number of hydrogen-bond acceptors (Lipinski definition) is 3. The summed E-state index contributed by atoms with van der Waals surface area (Å²) in [7, 11) is 0. The zero-order valence-electron chi connectivity index (χ0n) is 17.2. The number of rotatable bonds is 5. The maximum atomic E-state index is 12.6. The molecule has 0 aliphatic carbocycles. The Hall–Kier alpha value is -3.34. The van der Waals surface area contributed by atoms with Gasteiger partial charge in [0.1, 0.15) is 5.58 Å². The number of hydrogen-bond donors (Lipinski definition) is 1. The summed E-state index contributed by atoms with van der Waals surface area (Å²) in [6, 6.07) is 14.1. The number of furan rings is 1. The lowest BCUT2D eigenvalue weighted by atomic mass is 10.0. The van der Waals surface area contributed by atoms with E-state index in [4.69, 9.17) is 4.42 Å². The molecule has 29 heavy (non-hydrogen) atoms. The molecule has 2 heterocycles. The molecule has 4 rings (SSSR count). The summed E-state index contributed by atoms with van der Waals surface area (Å²) in [5.41, 5.74) is 8.06. The zero-order chi connectivity index (χ0) is 20.5. The van der Waals surface area contributed by atoms with E-state index in [9.17, 15) is 4.79 Å². The van der Waals surface area contributed by atoms with E-state index in [1.54, 1.807) is 6.26 Å². The molecule has 5 heteroatoms. The minimum Gasteiger partial charge on any atom is -0.464 e. The number of amides is 1. The minimum absolute atomic E-state index is 0.0288. The number of nitrogens with zero attached hydrogens (tertiary/aromatic N) is 2. The SMILES string of the molecule is Cc1cc(C)c2c(CC(=O)NCc3c(C)nn(-c4ccccc4)c3C)coc2c1. The molecule has 2 aromatic heterocycles. The highest BCUT2D eigenvalue weighted by atomic mass is 16.3. The molecule has 0 unspecified atom stereocenters. The Labute approximate surface area is 170 Å². The standard InChI is InChI=1S/C24H25N3O2/c1-15-10-16(2)24-19(14-29-22(24)11-15)12-23(28)25-13-21-17(3)26-27(18(21)4)20-8-6-5-7-9-20/h5-11,14H,12-13H2,1-4H3,(H,25,28). The van der Waals surface area contributed by atoms with Crippen molar-refractivity contribution in [3.63, 3.8) is 0 Å². The van der Waals surface area contributed by atoms with Gasteiger partial charge in [0.05, 0.1) is 24.1 Å². The lowest BCUT2D eigenvalue weighted by molar-refractivity contribution is -0.120. The van der Waals surface area contributed by atoms with Crippen LogP contribution >= 0.6 is 0 Å². The Morgan fingerprint density at radius 1 is 1.10 bits per heavy atom. The second kappa shape index (κ2) is 7.59. The first-order valence-electron chi connectivity index (χ1n) is 9.78. The third kappa shape index (κ3) is 3.68. The van der Waals surface area contributed by atoms with Gasteiger partial charge in [-0.1, -0.05) is 24.3 Å². The van der Waals surface area contributed by atoms with Crippen LogP contribution in [-0.2, 0) is 17.8 Å². The van der Waals surface area contributed by atoms with Crippen LogP contribution in [-0.4, -0.2) is 15.7 Å². The third-order valence-corrected chi connectivity index (χ3v) is 5.35. The monoisotopic (exact) mass is 387 g/mol. The fraction of sp³-hybridized carbons (Fsp3) is 0.250. The molecule has 0 bridgehead atoms. The molecule has 0 atom stereocenters. The van der Waals surface area contributed by atoms with Crippen LogP contribution in [0.2, 0.25) is 0 Å². The molecule has 5 nitrogen and oxygen atoms in total. The first kappa shape index (κ1) is 19.0. The van der Waals surface area contributed by atoms with Crippen LogP contribution in [0.15, 0.2) is 53.1 Å². The van der Waals surface area contributed by atoms with E-state index in [1.807, 2.05) is 61.9 Å². The van der Waals surface area contributed by atoms with Crippen molar-refractivity contribution in [1.82, 2.24) is 15.1 Å². The van der Waals surface area contributed by atoms with Crippen LogP contribution in [0, 0.1) is 27.7 Å². The molecule has 0 saturated carbocycles. The normalized spacial score (nSPS) is 11.2. The van der Waals surface area contributed by atoms with Crippen molar-refractivity contribution in [2.45, 2.75) is 40.7 Å². The molecule has 2 aromatic carbocycles. The highest BCUT2D eigenvalue weighted by molar-refractivity contribution is 5.90. The van der Waals surface area contributed by atoms with Crippen LogP contribution in [0.25, 0.3) is 16.7 Å². The molecule has 0 saturated heterocycles. The van der Waals surface area contributed by atoms with Gasteiger partial charge in [0.2, 0.25) is 5.91 Å². The van der Waals surface area contributed by atoms with Crippen LogP contribution in [0.4, 0.5) is 0 Å². The average molecular weight is 387 g/mol. The fourth-order valence-electron chi connectivity index (χ4n) is 3.93. The number of fused-ring (bicyclic) bond motifs is 1. The van der Waals surface area contributed by atoms with Gasteiger partial charge in [-0.2, -0.15) is 5.10 Å². The van der Waals surface area contributed by atoms with Crippen molar-refractivity contribution < 1.29 is 9.21 Å². The predicted octanol–water partition coefficient (Wildman–Crippen LogP) is 4.71. The van der Waals surface area contributed by atoms with E-state index in [2.05, 4.69) is 23.4 Å². The summed E-state index contributed by atoms with van der Waals surface area (Å²) in [5.74, 6) is -0.0288. The summed E-state index contributed by atoms with van der Waals surface area (Å²) >= 11 is 0. The van der Waals surface area contributed by atoms with Gasteiger partial charge in [-0.15, -0.1) is 0 Å². The second-order valence-electron chi connectivity index (χ2n) is 7.57. The number of benzene rings is 2. The Kier molecular flexibility index (Phi) is 4.97. The Balaban J connectivity index is 1.49. The maximum Gasteiger partial charge on any atom is 0.224 e. The van der Waals surface area contributed by atoms with Crippen molar-refractivity contribution in [1.29, 1.82) is 0 Å². The van der Waals surface area contributed by atoms with Gasteiger partial charge in [-0.25, -0.2) is 4.68 Å². The van der Waals surface area contributed by atoms with E-state index in [0.717, 1.165) is 50.3 Å². The molecule has 1 amide bonds. The molecule has 0 spiro atoms. The van der Waals surface area contributed by atoms with Gasteiger partial charge in [-0.05, 0) is 57.0 Å². The van der Waals surface area contributed by atoms with Gasteiger partial charge in [0.25, 0.3) is 0 Å². The Morgan fingerprint density at radius 2 is 1.86 bits per heavy atom. The average Bonchev–Trinajstić information content (AvgIpc) is 3.21. The molecule has 0 aliphatic heterocycles. The largest absolute Gasteiger partial charge is 0.464 e. The number of nitrogens with one attached hydrogen (secondary N) is 1. The predicted molar refractivity (Wildman–Crippen MR) is 114 cm³/mol. The molecule has 0 fully saturated rings. The first-order chi connectivity index (χ1) is 13.9. The second-order valence-corrected chi connectivity index (χ2v) is 7.57. The molecule has 1 N–H and O–H groups in total. The minimum atomic E-state index is -0.0288. The van der Waals surface area contributed by atoms with Crippen molar-refractivity contribution in [3.8, 4) is 5.69 Å². The van der Waals surface area contributed by atoms with E-state index in [1.165, 1.54) is 0 Å².